The summed E-state index contributed by atoms with van der Waals surface area (Å²) in [5, 5.41) is 50.8. The number of esters is 1. The van der Waals surface area contributed by atoms with Gasteiger partial charge in [-0.25, -0.2) is 4.79 Å². The molecule has 1 rings (SSSR count). The van der Waals surface area contributed by atoms with E-state index in [0.717, 1.165) is 14.0 Å². The zero-order valence-electron chi connectivity index (χ0n) is 12.2. The summed E-state index contributed by atoms with van der Waals surface area (Å²) in [6.45, 7) is 0.320. The van der Waals surface area contributed by atoms with E-state index in [1.54, 1.807) is 0 Å². The molecule has 3 unspecified atom stereocenters. The van der Waals surface area contributed by atoms with Crippen molar-refractivity contribution in [3.05, 3.63) is 0 Å². The van der Waals surface area contributed by atoms with Gasteiger partial charge in [0.2, 0.25) is 5.91 Å². The second kappa shape index (κ2) is 7.31. The van der Waals surface area contributed by atoms with E-state index >= 15 is 0 Å². The van der Waals surface area contributed by atoms with E-state index in [9.17, 15) is 30.0 Å². The SMILES string of the molecule is COC(=O)C1(O)CC(O)[C@@H](NC(C)=O)C([C@H](O)[C@H](O)CO)O1. The van der Waals surface area contributed by atoms with Gasteiger partial charge in [-0.05, 0) is 0 Å². The molecule has 1 saturated heterocycles. The van der Waals surface area contributed by atoms with Crippen LogP contribution in [0.3, 0.4) is 0 Å². The van der Waals surface area contributed by atoms with Gasteiger partial charge in [0, 0.05) is 13.3 Å². The molecule has 1 heterocycles. The number of carbonyl (C=O) groups is 2. The Morgan fingerprint density at radius 2 is 2.05 bits per heavy atom. The number of rotatable bonds is 5. The molecule has 6 N–H and O–H groups in total. The van der Waals surface area contributed by atoms with Gasteiger partial charge in [0.25, 0.3) is 5.79 Å². The van der Waals surface area contributed by atoms with Crippen molar-refractivity contribution < 1.29 is 44.6 Å². The summed E-state index contributed by atoms with van der Waals surface area (Å²) in [7, 11) is 0.990. The molecule has 10 nitrogen and oxygen atoms in total. The van der Waals surface area contributed by atoms with Gasteiger partial charge in [-0.3, -0.25) is 4.79 Å². The average Bonchev–Trinajstić information content (AvgIpc) is 2.46. The molecule has 1 fully saturated rings. The Morgan fingerprint density at radius 3 is 2.50 bits per heavy atom. The van der Waals surface area contributed by atoms with Crippen LogP contribution >= 0.6 is 0 Å². The summed E-state index contributed by atoms with van der Waals surface area (Å²) in [5.74, 6) is -4.32. The second-order valence-electron chi connectivity index (χ2n) is 5.10. The summed E-state index contributed by atoms with van der Waals surface area (Å²) in [6.07, 6.45) is -7.09. The van der Waals surface area contributed by atoms with E-state index in [4.69, 9.17) is 9.84 Å². The maximum absolute atomic E-state index is 11.6. The van der Waals surface area contributed by atoms with Crippen LogP contribution in [-0.2, 0) is 19.1 Å². The Hall–Kier alpha value is -1.30. The molecule has 0 aliphatic carbocycles. The fourth-order valence-electron chi connectivity index (χ4n) is 2.29. The molecule has 0 aromatic carbocycles. The van der Waals surface area contributed by atoms with Gasteiger partial charge >= 0.3 is 5.97 Å². The summed E-state index contributed by atoms with van der Waals surface area (Å²) in [5.41, 5.74) is 0. The molecule has 0 aromatic heterocycles. The lowest BCUT2D eigenvalue weighted by Crippen LogP contribution is -2.67. The molecule has 1 aliphatic heterocycles. The molecular weight excluding hydrogens is 302 g/mol. The lowest BCUT2D eigenvalue weighted by Gasteiger charge is -2.45. The summed E-state index contributed by atoms with van der Waals surface area (Å²) >= 11 is 0. The predicted molar refractivity (Wildman–Crippen MR) is 69.2 cm³/mol. The van der Waals surface area contributed by atoms with Gasteiger partial charge in [0.05, 0.1) is 25.9 Å². The Morgan fingerprint density at radius 1 is 1.45 bits per heavy atom. The van der Waals surface area contributed by atoms with Crippen molar-refractivity contribution in [3.8, 4) is 0 Å². The van der Waals surface area contributed by atoms with E-state index in [1.807, 2.05) is 0 Å². The smallest absolute Gasteiger partial charge is 0.366 e. The monoisotopic (exact) mass is 323 g/mol. The Balaban J connectivity index is 3.09. The van der Waals surface area contributed by atoms with Gasteiger partial charge in [0.1, 0.15) is 18.3 Å². The van der Waals surface area contributed by atoms with Crippen LogP contribution < -0.4 is 5.32 Å². The molecule has 0 aromatic rings. The highest BCUT2D eigenvalue weighted by Crippen LogP contribution is 2.31. The fraction of sp³-hybridized carbons (Fsp3) is 0.833. The first-order valence-corrected chi connectivity index (χ1v) is 6.57. The first kappa shape index (κ1) is 18.7. The van der Waals surface area contributed by atoms with Crippen molar-refractivity contribution in [2.45, 2.75) is 49.6 Å². The van der Waals surface area contributed by atoms with E-state index in [0.29, 0.717) is 0 Å². The van der Waals surface area contributed by atoms with Crippen LogP contribution in [0.5, 0.6) is 0 Å². The third-order valence-corrected chi connectivity index (χ3v) is 3.38. The van der Waals surface area contributed by atoms with Crippen molar-refractivity contribution in [2.24, 2.45) is 0 Å². The molecule has 6 atom stereocenters. The van der Waals surface area contributed by atoms with Crippen LogP contribution in [0.4, 0.5) is 0 Å². The maximum Gasteiger partial charge on any atom is 0.366 e. The van der Waals surface area contributed by atoms with Crippen LogP contribution in [0.1, 0.15) is 13.3 Å². The number of methoxy groups -OCH3 is 1. The van der Waals surface area contributed by atoms with Gasteiger partial charge in [-0.2, -0.15) is 0 Å². The first-order valence-electron chi connectivity index (χ1n) is 6.57. The minimum atomic E-state index is -2.55. The minimum absolute atomic E-state index is 0.563. The number of carbonyl (C=O) groups excluding carboxylic acids is 2. The summed E-state index contributed by atoms with van der Waals surface area (Å²) in [6, 6.07) is -1.21. The molecule has 128 valence electrons. The van der Waals surface area contributed by atoms with Crippen LogP contribution in [0.2, 0.25) is 0 Å². The van der Waals surface area contributed by atoms with Crippen LogP contribution in [0, 0.1) is 0 Å². The zero-order valence-corrected chi connectivity index (χ0v) is 12.2. The van der Waals surface area contributed by atoms with Crippen molar-refractivity contribution >= 4 is 11.9 Å². The number of aliphatic hydroxyl groups excluding tert-OH is 4. The maximum atomic E-state index is 11.6. The largest absolute Gasteiger partial charge is 0.465 e. The zero-order chi connectivity index (χ0) is 17.1. The van der Waals surface area contributed by atoms with E-state index in [1.165, 1.54) is 0 Å². The quantitative estimate of drug-likeness (QED) is 0.278. The van der Waals surface area contributed by atoms with Crippen molar-refractivity contribution in [3.63, 3.8) is 0 Å². The van der Waals surface area contributed by atoms with Gasteiger partial charge < -0.3 is 40.3 Å². The van der Waals surface area contributed by atoms with Crippen LogP contribution in [0.15, 0.2) is 0 Å². The van der Waals surface area contributed by atoms with Crippen LogP contribution in [-0.4, -0.2) is 87.4 Å². The number of hydrogen-bond acceptors (Lipinski definition) is 9. The number of amides is 1. The lowest BCUT2D eigenvalue weighted by atomic mass is 9.88. The molecule has 0 saturated carbocycles. The third kappa shape index (κ3) is 3.91. The molecule has 1 amide bonds. The topological polar surface area (TPSA) is 166 Å². The molecule has 0 radical (unpaired) electrons. The van der Waals surface area contributed by atoms with E-state index in [-0.39, 0.29) is 0 Å². The van der Waals surface area contributed by atoms with Crippen molar-refractivity contribution in [2.75, 3.05) is 13.7 Å². The number of ether oxygens (including phenoxy) is 2. The van der Waals surface area contributed by atoms with Crippen molar-refractivity contribution in [1.29, 1.82) is 0 Å². The van der Waals surface area contributed by atoms with Crippen molar-refractivity contribution in [1.82, 2.24) is 5.32 Å². The lowest BCUT2D eigenvalue weighted by molar-refractivity contribution is -0.296. The minimum Gasteiger partial charge on any atom is -0.465 e. The number of hydrogen-bond donors (Lipinski definition) is 6. The summed E-state index contributed by atoms with van der Waals surface area (Å²) in [4.78, 5) is 22.8. The highest BCUT2D eigenvalue weighted by Gasteiger charge is 2.54. The molecule has 10 heteroatoms. The molecule has 22 heavy (non-hydrogen) atoms. The third-order valence-electron chi connectivity index (χ3n) is 3.38. The fourth-order valence-corrected chi connectivity index (χ4v) is 2.29. The Bertz CT molecular complexity index is 417. The second-order valence-corrected chi connectivity index (χ2v) is 5.10. The van der Waals surface area contributed by atoms with E-state index < -0.39 is 61.1 Å². The number of aliphatic hydroxyl groups is 5. The molecule has 0 spiro atoms. The number of nitrogens with one attached hydrogen (secondary N) is 1. The molecule has 1 aliphatic rings. The normalized spacial score (nSPS) is 34.6. The first-order chi connectivity index (χ1) is 10.2. The summed E-state index contributed by atoms with van der Waals surface area (Å²) < 4.78 is 9.45. The molecular formula is C12H21NO9. The van der Waals surface area contributed by atoms with Gasteiger partial charge in [-0.1, -0.05) is 0 Å². The highest BCUT2D eigenvalue weighted by molar-refractivity contribution is 5.78. The predicted octanol–water partition coefficient (Wildman–Crippen LogP) is -3.78. The van der Waals surface area contributed by atoms with E-state index in [2.05, 4.69) is 10.1 Å². The highest BCUT2D eigenvalue weighted by atomic mass is 16.7. The Kier molecular flexibility index (Phi) is 6.23. The van der Waals surface area contributed by atoms with Crippen LogP contribution in [0.25, 0.3) is 0 Å². The average molecular weight is 323 g/mol. The molecule has 0 bridgehead atoms. The van der Waals surface area contributed by atoms with Gasteiger partial charge in [-0.15, -0.1) is 0 Å². The van der Waals surface area contributed by atoms with Gasteiger partial charge in [0.15, 0.2) is 0 Å². The standard InChI is InChI=1S/C12H21NO9/c1-5(15)13-8-6(16)3-12(20,11(19)21-2)22-10(8)9(18)7(17)4-14/h6-10,14,16-18,20H,3-4H2,1-2H3,(H,13,15)/t6?,7-,8-,9-,10?,12?/m1/s1. The Labute approximate surface area is 126 Å².